The van der Waals surface area contributed by atoms with Crippen molar-refractivity contribution < 1.29 is 24.2 Å². The summed E-state index contributed by atoms with van der Waals surface area (Å²) >= 11 is 0. The highest BCUT2D eigenvalue weighted by Crippen LogP contribution is 2.69. The van der Waals surface area contributed by atoms with E-state index >= 15 is 0 Å². The van der Waals surface area contributed by atoms with Gasteiger partial charge in [0.2, 0.25) is 0 Å². The molecule has 5 nitrogen and oxygen atoms in total. The Balaban J connectivity index is 1.95. The van der Waals surface area contributed by atoms with Crippen molar-refractivity contribution in [3.8, 4) is 0 Å². The third kappa shape index (κ3) is 1.03. The lowest BCUT2D eigenvalue weighted by Crippen LogP contribution is -2.76. The van der Waals surface area contributed by atoms with Crippen molar-refractivity contribution in [1.29, 1.82) is 0 Å². The molecule has 1 N–H and O–H groups in total. The van der Waals surface area contributed by atoms with Crippen LogP contribution in [0, 0.1) is 11.3 Å². The fraction of sp³-hybridized carbons (Fsp3) is 0.833. The Morgan fingerprint density at radius 3 is 3.00 bits per heavy atom. The molecule has 0 spiro atoms. The summed E-state index contributed by atoms with van der Waals surface area (Å²) < 4.78 is 10.7. The van der Waals surface area contributed by atoms with Crippen LogP contribution in [0.25, 0.3) is 0 Å². The molecular formula is C12H16O5. The Labute approximate surface area is 99.1 Å². The van der Waals surface area contributed by atoms with Crippen LogP contribution >= 0.6 is 0 Å². The predicted octanol–water partition coefficient (Wildman–Crippen LogP) is 0.0486. The second kappa shape index (κ2) is 2.90. The van der Waals surface area contributed by atoms with E-state index in [0.29, 0.717) is 13.0 Å². The van der Waals surface area contributed by atoms with E-state index in [-0.39, 0.29) is 24.7 Å². The van der Waals surface area contributed by atoms with Gasteiger partial charge in [-0.15, -0.1) is 0 Å². The van der Waals surface area contributed by atoms with E-state index in [0.717, 1.165) is 0 Å². The first-order valence-corrected chi connectivity index (χ1v) is 5.87. The van der Waals surface area contributed by atoms with Crippen LogP contribution in [0.5, 0.6) is 0 Å². The molecule has 4 atom stereocenters. The SMILES string of the molecule is CC(=O)OC[C@@]12CO[C@@]3(C)CC(=O)[C@@H]1C[C@@]23O. The van der Waals surface area contributed by atoms with Crippen molar-refractivity contribution in [1.82, 2.24) is 0 Å². The summed E-state index contributed by atoms with van der Waals surface area (Å²) in [6.45, 7) is 3.47. The Morgan fingerprint density at radius 2 is 2.35 bits per heavy atom. The highest BCUT2D eigenvalue weighted by molar-refractivity contribution is 5.88. The van der Waals surface area contributed by atoms with Crippen LogP contribution in [0.1, 0.15) is 26.7 Å². The molecule has 94 valence electrons. The summed E-state index contributed by atoms with van der Waals surface area (Å²) in [5.74, 6) is -0.496. The largest absolute Gasteiger partial charge is 0.465 e. The number of ketones is 1. The molecule has 17 heavy (non-hydrogen) atoms. The number of carbonyl (C=O) groups is 2. The number of hydrogen-bond acceptors (Lipinski definition) is 5. The van der Waals surface area contributed by atoms with Crippen LogP contribution in [-0.4, -0.2) is 41.3 Å². The number of aliphatic hydroxyl groups is 1. The Kier molecular flexibility index (Phi) is 1.90. The van der Waals surface area contributed by atoms with E-state index in [9.17, 15) is 14.7 Å². The van der Waals surface area contributed by atoms with Crippen LogP contribution < -0.4 is 0 Å². The first-order valence-electron chi connectivity index (χ1n) is 5.87. The minimum atomic E-state index is -1.02. The van der Waals surface area contributed by atoms with Gasteiger partial charge in [-0.25, -0.2) is 0 Å². The smallest absolute Gasteiger partial charge is 0.302 e. The molecule has 0 aromatic rings. The standard InChI is InChI=1S/C12H16O5/c1-7(13)16-5-11-6-17-10(2)4-9(14)8(11)3-12(10,11)15/h8,15H,3-6H2,1-2H3/t8-,10-,11+,12-/m0/s1. The molecule has 4 aliphatic rings. The summed E-state index contributed by atoms with van der Waals surface area (Å²) in [5, 5.41) is 10.7. The second-order valence-electron chi connectivity index (χ2n) is 5.72. The van der Waals surface area contributed by atoms with E-state index in [1.807, 2.05) is 0 Å². The van der Waals surface area contributed by atoms with Crippen LogP contribution in [0.15, 0.2) is 0 Å². The molecule has 1 saturated heterocycles. The lowest BCUT2D eigenvalue weighted by Gasteiger charge is -2.63. The van der Waals surface area contributed by atoms with Crippen LogP contribution in [0.4, 0.5) is 0 Å². The molecule has 3 saturated carbocycles. The third-order valence-corrected chi connectivity index (χ3v) is 4.95. The maximum Gasteiger partial charge on any atom is 0.302 e. The highest BCUT2D eigenvalue weighted by Gasteiger charge is 2.82. The summed E-state index contributed by atoms with van der Waals surface area (Å²) in [7, 11) is 0. The number of Topliss-reactive ketones (excluding diaryl/α,β-unsaturated/α-hetero) is 1. The van der Waals surface area contributed by atoms with Crippen molar-refractivity contribution in [3.63, 3.8) is 0 Å². The van der Waals surface area contributed by atoms with Gasteiger partial charge < -0.3 is 14.6 Å². The molecule has 4 rings (SSSR count). The highest BCUT2D eigenvalue weighted by atomic mass is 16.6. The summed E-state index contributed by atoms with van der Waals surface area (Å²) in [6, 6.07) is 0. The molecule has 1 aliphatic heterocycles. The van der Waals surface area contributed by atoms with Gasteiger partial charge in [0.05, 0.1) is 12.0 Å². The molecule has 4 fully saturated rings. The average Bonchev–Trinajstić information content (AvgIpc) is 2.31. The average molecular weight is 240 g/mol. The van der Waals surface area contributed by atoms with Gasteiger partial charge in [-0.1, -0.05) is 0 Å². The molecule has 1 heterocycles. The molecule has 0 aromatic heterocycles. The normalized spacial score (nSPS) is 51.0. The Morgan fingerprint density at radius 1 is 1.65 bits per heavy atom. The lowest BCUT2D eigenvalue weighted by molar-refractivity contribution is -0.254. The van der Waals surface area contributed by atoms with E-state index in [4.69, 9.17) is 9.47 Å². The summed E-state index contributed by atoms with van der Waals surface area (Å²) in [5.41, 5.74) is -2.53. The van der Waals surface area contributed by atoms with Crippen LogP contribution in [0.3, 0.4) is 0 Å². The minimum absolute atomic E-state index is 0.0742. The zero-order valence-corrected chi connectivity index (χ0v) is 9.99. The summed E-state index contributed by atoms with van der Waals surface area (Å²) in [4.78, 5) is 22.9. The van der Waals surface area contributed by atoms with E-state index < -0.39 is 22.6 Å². The number of carbonyl (C=O) groups excluding carboxylic acids is 2. The van der Waals surface area contributed by atoms with Gasteiger partial charge in [0.1, 0.15) is 23.6 Å². The molecular weight excluding hydrogens is 224 g/mol. The van der Waals surface area contributed by atoms with Crippen molar-refractivity contribution in [2.24, 2.45) is 11.3 Å². The van der Waals surface area contributed by atoms with Crippen molar-refractivity contribution >= 4 is 11.8 Å². The van der Waals surface area contributed by atoms with Crippen molar-refractivity contribution in [3.05, 3.63) is 0 Å². The fourth-order valence-electron chi connectivity index (χ4n) is 3.79. The number of ether oxygens (including phenoxy) is 2. The molecule has 0 unspecified atom stereocenters. The molecule has 3 aliphatic carbocycles. The second-order valence-corrected chi connectivity index (χ2v) is 5.72. The zero-order valence-electron chi connectivity index (χ0n) is 9.99. The topological polar surface area (TPSA) is 72.8 Å². The van der Waals surface area contributed by atoms with Gasteiger partial charge in [0.15, 0.2) is 0 Å². The number of esters is 1. The van der Waals surface area contributed by atoms with Gasteiger partial charge in [0, 0.05) is 19.3 Å². The van der Waals surface area contributed by atoms with Gasteiger partial charge in [-0.3, -0.25) is 9.59 Å². The van der Waals surface area contributed by atoms with Gasteiger partial charge in [0.25, 0.3) is 0 Å². The van der Waals surface area contributed by atoms with Gasteiger partial charge >= 0.3 is 5.97 Å². The molecule has 0 aromatic carbocycles. The zero-order chi connectivity index (χ0) is 12.5. The third-order valence-electron chi connectivity index (χ3n) is 4.95. The Hall–Kier alpha value is -0.940. The van der Waals surface area contributed by atoms with Gasteiger partial charge in [-0.05, 0) is 13.3 Å². The maximum absolute atomic E-state index is 12.0. The van der Waals surface area contributed by atoms with E-state index in [2.05, 4.69) is 0 Å². The van der Waals surface area contributed by atoms with E-state index in [1.54, 1.807) is 6.92 Å². The van der Waals surface area contributed by atoms with Crippen molar-refractivity contribution in [2.45, 2.75) is 37.9 Å². The lowest BCUT2D eigenvalue weighted by atomic mass is 9.41. The Bertz CT molecular complexity index is 419. The first kappa shape index (κ1) is 11.2. The quantitative estimate of drug-likeness (QED) is 0.690. The number of rotatable bonds is 2. The van der Waals surface area contributed by atoms with Crippen LogP contribution in [-0.2, 0) is 19.1 Å². The molecule has 0 radical (unpaired) electrons. The monoisotopic (exact) mass is 240 g/mol. The maximum atomic E-state index is 12.0. The molecule has 0 amide bonds. The van der Waals surface area contributed by atoms with Gasteiger partial charge in [-0.2, -0.15) is 0 Å². The van der Waals surface area contributed by atoms with Crippen LogP contribution in [0.2, 0.25) is 0 Å². The fourth-order valence-corrected chi connectivity index (χ4v) is 3.79. The minimum Gasteiger partial charge on any atom is -0.465 e. The van der Waals surface area contributed by atoms with Crippen molar-refractivity contribution in [2.75, 3.05) is 13.2 Å². The predicted molar refractivity (Wildman–Crippen MR) is 56.1 cm³/mol. The molecule has 4 bridgehead atoms. The number of fused-ring (bicyclic) bond motifs is 1. The van der Waals surface area contributed by atoms with E-state index in [1.165, 1.54) is 6.92 Å². The molecule has 5 heteroatoms. The first-order chi connectivity index (χ1) is 7.85. The number of hydrogen-bond donors (Lipinski definition) is 1. The summed E-state index contributed by atoms with van der Waals surface area (Å²) in [6.07, 6.45) is 0.694.